The summed E-state index contributed by atoms with van der Waals surface area (Å²) < 4.78 is 45.9. The minimum atomic E-state index is -4.50. The summed E-state index contributed by atoms with van der Waals surface area (Å²) in [6, 6.07) is 0. The molecule has 0 aliphatic heterocycles. The fraction of sp³-hybridized carbons (Fsp3) is 0.545. The topological polar surface area (TPSA) is 61.3 Å². The fourth-order valence-electron chi connectivity index (χ4n) is 1.49. The van der Waals surface area contributed by atoms with Crippen LogP contribution in [0.2, 0.25) is 0 Å². The monoisotopic (exact) mass is 276 g/mol. The second kappa shape index (κ2) is 5.02. The summed E-state index contributed by atoms with van der Waals surface area (Å²) in [5.74, 6) is -0.00684. The molecule has 1 heterocycles. The molecule has 1 aliphatic carbocycles. The highest BCUT2D eigenvalue weighted by atomic mass is 19.4. The van der Waals surface area contributed by atoms with Gasteiger partial charge in [0.25, 0.3) is 0 Å². The molecule has 2 rings (SSSR count). The molecule has 1 aromatic heterocycles. The summed E-state index contributed by atoms with van der Waals surface area (Å²) in [6.45, 7) is -1.52. The molecular weight excluding hydrogens is 265 g/mol. The van der Waals surface area contributed by atoms with Crippen molar-refractivity contribution >= 4 is 6.29 Å². The van der Waals surface area contributed by atoms with Crippen LogP contribution < -0.4 is 9.47 Å². The molecule has 0 amide bonds. The highest BCUT2D eigenvalue weighted by Gasteiger charge is 2.32. The van der Waals surface area contributed by atoms with E-state index in [1.165, 1.54) is 7.11 Å². The summed E-state index contributed by atoms with van der Waals surface area (Å²) in [6.07, 6.45) is -2.45. The summed E-state index contributed by atoms with van der Waals surface area (Å²) in [7, 11) is 1.28. The van der Waals surface area contributed by atoms with Crippen LogP contribution >= 0.6 is 0 Å². The number of aldehydes is 1. The lowest BCUT2D eigenvalue weighted by Gasteiger charge is -2.12. The number of ether oxygens (including phenoxy) is 2. The van der Waals surface area contributed by atoms with Crippen LogP contribution in [0.5, 0.6) is 11.8 Å². The first kappa shape index (κ1) is 13.6. The molecule has 8 heteroatoms. The molecule has 0 bridgehead atoms. The average molecular weight is 276 g/mol. The summed E-state index contributed by atoms with van der Waals surface area (Å²) in [5, 5.41) is 0. The predicted octanol–water partition coefficient (Wildman–Crippen LogP) is 2.12. The van der Waals surface area contributed by atoms with Crippen molar-refractivity contribution in [3.63, 3.8) is 0 Å². The van der Waals surface area contributed by atoms with Gasteiger partial charge >= 0.3 is 6.18 Å². The molecule has 1 aliphatic rings. The third-order valence-electron chi connectivity index (χ3n) is 2.52. The molecule has 0 aromatic carbocycles. The van der Waals surface area contributed by atoms with E-state index in [1.54, 1.807) is 0 Å². The Morgan fingerprint density at radius 3 is 2.42 bits per heavy atom. The number of methoxy groups -OCH3 is 1. The SMILES string of the molecule is COc1nc(C2CC2)nc(OCC(F)(F)F)c1C=O. The minimum absolute atomic E-state index is 0.0657. The van der Waals surface area contributed by atoms with Crippen molar-refractivity contribution in [1.29, 1.82) is 0 Å². The Morgan fingerprint density at radius 1 is 1.32 bits per heavy atom. The first-order valence-corrected chi connectivity index (χ1v) is 5.55. The standard InChI is InChI=1S/C11H11F3N2O3/c1-18-9-7(4-17)10(19-5-11(12,13)14)16-8(15-9)6-2-3-6/h4,6H,2-3,5H2,1H3. The Bertz CT molecular complexity index is 487. The van der Waals surface area contributed by atoms with Gasteiger partial charge in [0.15, 0.2) is 12.9 Å². The van der Waals surface area contributed by atoms with Crippen LogP contribution in [0, 0.1) is 0 Å². The number of alkyl halides is 3. The second-order valence-corrected chi connectivity index (χ2v) is 4.11. The molecular formula is C11H11F3N2O3. The molecule has 1 aromatic rings. The fourth-order valence-corrected chi connectivity index (χ4v) is 1.49. The maximum Gasteiger partial charge on any atom is 0.422 e. The van der Waals surface area contributed by atoms with Crippen molar-refractivity contribution in [2.24, 2.45) is 0 Å². The van der Waals surface area contributed by atoms with Gasteiger partial charge in [-0.1, -0.05) is 0 Å². The lowest BCUT2D eigenvalue weighted by atomic mass is 10.3. The third-order valence-corrected chi connectivity index (χ3v) is 2.52. The number of aromatic nitrogens is 2. The van der Waals surface area contributed by atoms with E-state index in [1.807, 2.05) is 0 Å². The van der Waals surface area contributed by atoms with Gasteiger partial charge in [0.2, 0.25) is 11.8 Å². The summed E-state index contributed by atoms with van der Waals surface area (Å²) in [5.41, 5.74) is -0.212. The van der Waals surface area contributed by atoms with Crippen molar-refractivity contribution in [3.8, 4) is 11.8 Å². The van der Waals surface area contributed by atoms with Gasteiger partial charge < -0.3 is 9.47 Å². The van der Waals surface area contributed by atoms with Crippen LogP contribution in [0.1, 0.15) is 34.9 Å². The Morgan fingerprint density at radius 2 is 1.95 bits per heavy atom. The zero-order chi connectivity index (χ0) is 14.0. The Labute approximate surface area is 106 Å². The number of halogens is 3. The molecule has 0 radical (unpaired) electrons. The maximum absolute atomic E-state index is 12.1. The summed E-state index contributed by atoms with van der Waals surface area (Å²) in [4.78, 5) is 18.8. The smallest absolute Gasteiger partial charge is 0.422 e. The molecule has 0 unspecified atom stereocenters. The van der Waals surface area contributed by atoms with E-state index < -0.39 is 12.8 Å². The molecule has 1 saturated carbocycles. The number of hydrogen-bond donors (Lipinski definition) is 0. The second-order valence-electron chi connectivity index (χ2n) is 4.11. The average Bonchev–Trinajstić information content (AvgIpc) is 3.18. The van der Waals surface area contributed by atoms with Gasteiger partial charge in [-0.25, -0.2) is 0 Å². The number of carbonyl (C=O) groups is 1. The van der Waals surface area contributed by atoms with E-state index in [2.05, 4.69) is 14.7 Å². The van der Waals surface area contributed by atoms with E-state index in [0.717, 1.165) is 12.8 Å². The van der Waals surface area contributed by atoms with Crippen LogP contribution in [-0.2, 0) is 0 Å². The molecule has 0 spiro atoms. The van der Waals surface area contributed by atoms with Gasteiger partial charge in [-0.15, -0.1) is 0 Å². The summed E-state index contributed by atoms with van der Waals surface area (Å²) >= 11 is 0. The lowest BCUT2D eigenvalue weighted by Crippen LogP contribution is -2.21. The number of carbonyl (C=O) groups excluding carboxylic acids is 1. The molecule has 1 fully saturated rings. The highest BCUT2D eigenvalue weighted by molar-refractivity contribution is 5.81. The van der Waals surface area contributed by atoms with E-state index in [9.17, 15) is 18.0 Å². The van der Waals surface area contributed by atoms with E-state index >= 15 is 0 Å². The van der Waals surface area contributed by atoms with Crippen molar-refractivity contribution < 1.29 is 27.4 Å². The third kappa shape index (κ3) is 3.33. The maximum atomic E-state index is 12.1. The van der Waals surface area contributed by atoms with Crippen molar-refractivity contribution in [2.75, 3.05) is 13.7 Å². The normalized spacial score (nSPS) is 15.2. The predicted molar refractivity (Wildman–Crippen MR) is 57.5 cm³/mol. The zero-order valence-corrected chi connectivity index (χ0v) is 10.0. The molecule has 5 nitrogen and oxygen atoms in total. The van der Waals surface area contributed by atoms with Crippen LogP contribution in [-0.4, -0.2) is 36.1 Å². The van der Waals surface area contributed by atoms with E-state index in [4.69, 9.17) is 4.74 Å². The number of hydrogen-bond acceptors (Lipinski definition) is 5. The Kier molecular flexibility index (Phi) is 3.59. The van der Waals surface area contributed by atoms with Gasteiger partial charge in [-0.05, 0) is 12.8 Å². The molecule has 0 N–H and O–H groups in total. The van der Waals surface area contributed by atoms with Crippen LogP contribution in [0.15, 0.2) is 0 Å². The highest BCUT2D eigenvalue weighted by Crippen LogP contribution is 2.40. The van der Waals surface area contributed by atoms with Crippen LogP contribution in [0.4, 0.5) is 13.2 Å². The van der Waals surface area contributed by atoms with Crippen molar-refractivity contribution in [1.82, 2.24) is 9.97 Å². The minimum Gasteiger partial charge on any atom is -0.480 e. The largest absolute Gasteiger partial charge is 0.480 e. The van der Waals surface area contributed by atoms with Gasteiger partial charge in [0.1, 0.15) is 11.4 Å². The van der Waals surface area contributed by atoms with E-state index in [0.29, 0.717) is 12.1 Å². The van der Waals surface area contributed by atoms with Crippen molar-refractivity contribution in [2.45, 2.75) is 24.9 Å². The lowest BCUT2D eigenvalue weighted by molar-refractivity contribution is -0.154. The molecule has 0 atom stereocenters. The quantitative estimate of drug-likeness (QED) is 0.771. The molecule has 104 valence electrons. The van der Waals surface area contributed by atoms with Crippen LogP contribution in [0.3, 0.4) is 0 Å². The first-order chi connectivity index (χ1) is 8.94. The van der Waals surface area contributed by atoms with Crippen LogP contribution in [0.25, 0.3) is 0 Å². The van der Waals surface area contributed by atoms with Gasteiger partial charge in [0, 0.05) is 5.92 Å². The number of rotatable bonds is 5. The van der Waals surface area contributed by atoms with Gasteiger partial charge in [-0.2, -0.15) is 23.1 Å². The number of nitrogens with zero attached hydrogens (tertiary/aromatic N) is 2. The van der Waals surface area contributed by atoms with Gasteiger partial charge in [0.05, 0.1) is 7.11 Å². The molecule has 0 saturated heterocycles. The van der Waals surface area contributed by atoms with Gasteiger partial charge in [-0.3, -0.25) is 4.79 Å². The zero-order valence-electron chi connectivity index (χ0n) is 10.0. The molecule has 19 heavy (non-hydrogen) atoms. The van der Waals surface area contributed by atoms with Crippen molar-refractivity contribution in [3.05, 3.63) is 11.4 Å². The Hall–Kier alpha value is -1.86. The first-order valence-electron chi connectivity index (χ1n) is 5.55. The Balaban J connectivity index is 2.32. The van der Waals surface area contributed by atoms with E-state index in [-0.39, 0.29) is 23.2 Å².